The van der Waals surface area contributed by atoms with E-state index in [-0.39, 0.29) is 17.2 Å². The van der Waals surface area contributed by atoms with E-state index in [1.165, 1.54) is 60.3 Å². The molecule has 0 aromatic carbocycles. The van der Waals surface area contributed by atoms with E-state index in [1.807, 2.05) is 13.0 Å². The normalized spacial score (nSPS) is 32.6. The number of aryl methyl sites for hydroxylation is 2. The van der Waals surface area contributed by atoms with Gasteiger partial charge in [-0.25, -0.2) is 0 Å². The Bertz CT molecular complexity index is 659. The van der Waals surface area contributed by atoms with Gasteiger partial charge in [-0.05, 0) is 86.7 Å². The zero-order valence-corrected chi connectivity index (χ0v) is 16.0. The van der Waals surface area contributed by atoms with Gasteiger partial charge in [0.25, 0.3) is 5.91 Å². The summed E-state index contributed by atoms with van der Waals surface area (Å²) in [5.41, 5.74) is 6.70. The molecule has 0 spiro atoms. The van der Waals surface area contributed by atoms with Crippen LogP contribution in [0.25, 0.3) is 0 Å². The lowest BCUT2D eigenvalue weighted by Crippen LogP contribution is -2.50. The van der Waals surface area contributed by atoms with Crippen molar-refractivity contribution in [3.05, 3.63) is 21.4 Å². The summed E-state index contributed by atoms with van der Waals surface area (Å²) < 4.78 is 0. The summed E-state index contributed by atoms with van der Waals surface area (Å²) in [6.45, 7) is 4.12. The van der Waals surface area contributed by atoms with E-state index in [0.29, 0.717) is 11.3 Å². The van der Waals surface area contributed by atoms with Crippen LogP contribution in [0.3, 0.4) is 0 Å². The Balaban J connectivity index is 1.32. The lowest BCUT2D eigenvalue weighted by atomic mass is 9.49. The van der Waals surface area contributed by atoms with Gasteiger partial charge in [0.2, 0.25) is 5.91 Å². The smallest absolute Gasteiger partial charge is 0.273 e. The molecule has 4 nitrogen and oxygen atoms in total. The molecule has 4 aliphatic carbocycles. The summed E-state index contributed by atoms with van der Waals surface area (Å²) in [6.07, 6.45) is 9.28. The van der Waals surface area contributed by atoms with E-state index in [2.05, 4.69) is 17.8 Å². The van der Waals surface area contributed by atoms with Crippen molar-refractivity contribution in [1.82, 2.24) is 10.9 Å². The molecule has 1 heterocycles. The lowest BCUT2D eigenvalue weighted by molar-refractivity contribution is -0.130. The van der Waals surface area contributed by atoms with Crippen molar-refractivity contribution in [2.45, 2.75) is 65.2 Å². The molecule has 136 valence electrons. The molecule has 1 aromatic heterocycles. The van der Waals surface area contributed by atoms with Crippen LogP contribution in [0.15, 0.2) is 6.07 Å². The fraction of sp³-hybridized carbons (Fsp3) is 0.700. The first kappa shape index (κ1) is 17.1. The highest BCUT2D eigenvalue weighted by molar-refractivity contribution is 7.14. The topological polar surface area (TPSA) is 58.2 Å². The molecule has 0 radical (unpaired) electrons. The number of amides is 2. The number of hydrogen-bond acceptors (Lipinski definition) is 3. The molecule has 1 aromatic rings. The zero-order chi connectivity index (χ0) is 17.6. The third kappa shape index (κ3) is 3.35. The number of carbonyl (C=O) groups is 2. The Morgan fingerprint density at radius 1 is 1.12 bits per heavy atom. The molecule has 4 saturated carbocycles. The highest BCUT2D eigenvalue weighted by Gasteiger charge is 2.51. The van der Waals surface area contributed by atoms with Crippen molar-refractivity contribution < 1.29 is 9.59 Å². The second kappa shape index (κ2) is 6.42. The Labute approximate surface area is 153 Å². The quantitative estimate of drug-likeness (QED) is 0.798. The van der Waals surface area contributed by atoms with Gasteiger partial charge in [0.05, 0.1) is 4.88 Å². The first-order valence-electron chi connectivity index (χ1n) is 9.65. The molecule has 2 N–H and O–H groups in total. The molecule has 0 saturated heterocycles. The average Bonchev–Trinajstić information content (AvgIpc) is 2.92. The second-order valence-corrected chi connectivity index (χ2v) is 9.90. The Kier molecular flexibility index (Phi) is 4.38. The highest BCUT2D eigenvalue weighted by atomic mass is 32.1. The van der Waals surface area contributed by atoms with E-state index in [4.69, 9.17) is 0 Å². The van der Waals surface area contributed by atoms with Crippen molar-refractivity contribution in [1.29, 1.82) is 0 Å². The van der Waals surface area contributed by atoms with Crippen molar-refractivity contribution in [3.63, 3.8) is 0 Å². The molecule has 0 aliphatic heterocycles. The minimum Gasteiger partial charge on any atom is -0.273 e. The number of hydrogen-bond donors (Lipinski definition) is 2. The fourth-order valence-electron chi connectivity index (χ4n) is 6.06. The predicted octanol–water partition coefficient (Wildman–Crippen LogP) is 3.99. The largest absolute Gasteiger partial charge is 0.279 e. The van der Waals surface area contributed by atoms with Gasteiger partial charge in [-0.15, -0.1) is 11.3 Å². The van der Waals surface area contributed by atoms with Crippen molar-refractivity contribution in [2.24, 2.45) is 23.2 Å². The Morgan fingerprint density at radius 3 is 2.24 bits per heavy atom. The molecule has 4 bridgehead atoms. The van der Waals surface area contributed by atoms with Crippen LogP contribution in [0, 0.1) is 30.1 Å². The Hall–Kier alpha value is -1.36. The van der Waals surface area contributed by atoms with E-state index in [1.54, 1.807) is 0 Å². The van der Waals surface area contributed by atoms with E-state index in [0.717, 1.165) is 24.2 Å². The van der Waals surface area contributed by atoms with Crippen LogP contribution in [0.2, 0.25) is 0 Å². The van der Waals surface area contributed by atoms with Crippen LogP contribution in [0.4, 0.5) is 0 Å². The number of nitrogens with one attached hydrogen (secondary N) is 2. The summed E-state index contributed by atoms with van der Waals surface area (Å²) in [7, 11) is 0. The first-order valence-corrected chi connectivity index (χ1v) is 10.5. The summed E-state index contributed by atoms with van der Waals surface area (Å²) in [5.74, 6) is 2.30. The van der Waals surface area contributed by atoms with Gasteiger partial charge in [-0.3, -0.25) is 20.4 Å². The maximum Gasteiger partial charge on any atom is 0.279 e. The van der Waals surface area contributed by atoms with Crippen LogP contribution in [-0.2, 0) is 11.2 Å². The third-order valence-electron chi connectivity index (χ3n) is 6.64. The number of hydrazine groups is 1. The summed E-state index contributed by atoms with van der Waals surface area (Å²) in [4.78, 5) is 26.6. The van der Waals surface area contributed by atoms with Crippen molar-refractivity contribution in [3.8, 4) is 0 Å². The minimum absolute atomic E-state index is 0.0284. The summed E-state index contributed by atoms with van der Waals surface area (Å²) in [6, 6.07) is 1.93. The van der Waals surface area contributed by atoms with Gasteiger partial charge < -0.3 is 0 Å². The van der Waals surface area contributed by atoms with E-state index in [9.17, 15) is 9.59 Å². The van der Waals surface area contributed by atoms with Crippen LogP contribution in [0.1, 0.15) is 72.0 Å². The zero-order valence-electron chi connectivity index (χ0n) is 15.2. The summed E-state index contributed by atoms with van der Waals surface area (Å²) >= 11 is 1.49. The van der Waals surface area contributed by atoms with E-state index < -0.39 is 0 Å². The number of thiophene rings is 1. The molecule has 0 atom stereocenters. The molecular weight excluding hydrogens is 332 g/mol. The van der Waals surface area contributed by atoms with Crippen LogP contribution < -0.4 is 10.9 Å². The monoisotopic (exact) mass is 360 g/mol. The van der Waals surface area contributed by atoms with E-state index >= 15 is 0 Å². The van der Waals surface area contributed by atoms with Gasteiger partial charge in [0.1, 0.15) is 0 Å². The van der Waals surface area contributed by atoms with Gasteiger partial charge >= 0.3 is 0 Å². The molecule has 5 heteroatoms. The van der Waals surface area contributed by atoms with Crippen LogP contribution >= 0.6 is 11.3 Å². The van der Waals surface area contributed by atoms with Crippen LogP contribution in [-0.4, -0.2) is 11.8 Å². The molecule has 0 unspecified atom stereocenters. The predicted molar refractivity (Wildman–Crippen MR) is 99.3 cm³/mol. The van der Waals surface area contributed by atoms with Gasteiger partial charge in [-0.2, -0.15) is 0 Å². The first-order chi connectivity index (χ1) is 12.0. The Morgan fingerprint density at radius 2 is 1.72 bits per heavy atom. The third-order valence-corrected chi connectivity index (χ3v) is 7.73. The van der Waals surface area contributed by atoms with Crippen LogP contribution in [0.5, 0.6) is 0 Å². The minimum atomic E-state index is -0.202. The molecular formula is C20H28N2O2S. The van der Waals surface area contributed by atoms with Gasteiger partial charge in [0.15, 0.2) is 0 Å². The summed E-state index contributed by atoms with van der Waals surface area (Å²) in [5, 5.41) is 0. The average molecular weight is 361 g/mol. The SMILES string of the molecule is CCc1cc(C(=O)NNC(=O)CC23CC4CC(CC(C4)C2)C3)sc1C. The molecule has 2 amide bonds. The van der Waals surface area contributed by atoms with Gasteiger partial charge in [0, 0.05) is 11.3 Å². The molecule has 4 fully saturated rings. The maximum atomic E-state index is 12.5. The molecule has 4 aliphatic rings. The maximum absolute atomic E-state index is 12.5. The highest BCUT2D eigenvalue weighted by Crippen LogP contribution is 2.61. The van der Waals surface area contributed by atoms with Crippen molar-refractivity contribution in [2.75, 3.05) is 0 Å². The van der Waals surface area contributed by atoms with Gasteiger partial charge in [-0.1, -0.05) is 6.92 Å². The standard InChI is InChI=1S/C20H28N2O2S/c1-3-16-7-17(25-12(16)2)19(24)22-21-18(23)11-20-8-13-4-14(9-20)6-15(5-13)10-20/h7,13-15H,3-6,8-11H2,1-2H3,(H,21,23)(H,22,24). The number of carbonyl (C=O) groups excluding carboxylic acids is 2. The van der Waals surface area contributed by atoms with Crippen molar-refractivity contribution >= 4 is 23.2 Å². The fourth-order valence-corrected chi connectivity index (χ4v) is 7.07. The lowest BCUT2D eigenvalue weighted by Gasteiger charge is -2.56. The molecule has 5 rings (SSSR count). The molecule has 25 heavy (non-hydrogen) atoms. The number of rotatable bonds is 4. The second-order valence-electron chi connectivity index (χ2n) is 8.64.